The van der Waals surface area contributed by atoms with E-state index in [0.717, 1.165) is 37.2 Å². The number of hydrogen-bond donors (Lipinski definition) is 2. The average Bonchev–Trinajstić information content (AvgIpc) is 2.54. The first-order valence-electron chi connectivity index (χ1n) is 8.46. The van der Waals surface area contributed by atoms with E-state index in [-0.39, 0.29) is 18.5 Å². The van der Waals surface area contributed by atoms with Gasteiger partial charge >= 0.3 is 5.97 Å². The smallest absolute Gasteiger partial charge is 0.314 e. The molecule has 0 radical (unpaired) electrons. The molecule has 0 aromatic heterocycles. The topological polar surface area (TPSA) is 60.2 Å². The van der Waals surface area contributed by atoms with E-state index < -0.39 is 6.10 Å². The number of nitrogens with one attached hydrogen (secondary N) is 1. The lowest BCUT2D eigenvalue weighted by Crippen LogP contribution is -3.15. The number of para-hydroxylation sites is 1. The highest BCUT2D eigenvalue weighted by atomic mass is 16.5. The summed E-state index contributed by atoms with van der Waals surface area (Å²) in [6.45, 7) is 6.84. The standard InChI is InChI=1S/C18H27NO4/c1-3-22-18(21)15-8-6-10-19(11-15)12-16(20)13-23-17-9-5-4-7-14(17)2/h4-5,7,9,15-16,20H,3,6,8,10-13H2,1-2H3/p+1/t15-,16+/m1/s1. The third-order valence-corrected chi connectivity index (χ3v) is 4.29. The summed E-state index contributed by atoms with van der Waals surface area (Å²) in [5, 5.41) is 10.2. The number of carbonyl (C=O) groups is 1. The van der Waals surface area contributed by atoms with E-state index in [1.807, 2.05) is 38.1 Å². The summed E-state index contributed by atoms with van der Waals surface area (Å²) in [7, 11) is 0. The van der Waals surface area contributed by atoms with Gasteiger partial charge in [0.1, 0.15) is 30.9 Å². The third kappa shape index (κ3) is 5.52. The number of esters is 1. The Hall–Kier alpha value is -1.59. The Labute approximate surface area is 138 Å². The van der Waals surface area contributed by atoms with Gasteiger partial charge in [0.25, 0.3) is 0 Å². The fourth-order valence-electron chi connectivity index (χ4n) is 3.09. The van der Waals surface area contributed by atoms with Gasteiger partial charge in [-0.15, -0.1) is 0 Å². The van der Waals surface area contributed by atoms with Crippen molar-refractivity contribution in [3.8, 4) is 5.75 Å². The number of carbonyl (C=O) groups excluding carboxylic acids is 1. The highest BCUT2D eigenvalue weighted by Crippen LogP contribution is 2.16. The Morgan fingerprint density at radius 3 is 2.96 bits per heavy atom. The number of benzene rings is 1. The largest absolute Gasteiger partial charge is 0.490 e. The van der Waals surface area contributed by atoms with Crippen molar-refractivity contribution in [3.63, 3.8) is 0 Å². The first-order chi connectivity index (χ1) is 11.1. The lowest BCUT2D eigenvalue weighted by atomic mass is 9.98. The normalized spacial score (nSPS) is 22.4. The quantitative estimate of drug-likeness (QED) is 0.722. The third-order valence-electron chi connectivity index (χ3n) is 4.29. The van der Waals surface area contributed by atoms with Crippen molar-refractivity contribution < 1.29 is 24.3 Å². The molecule has 0 amide bonds. The minimum Gasteiger partial charge on any atom is -0.490 e. The van der Waals surface area contributed by atoms with E-state index in [4.69, 9.17) is 9.47 Å². The molecular weight excluding hydrogens is 294 g/mol. The zero-order valence-electron chi connectivity index (χ0n) is 14.1. The fraction of sp³-hybridized carbons (Fsp3) is 0.611. The minimum absolute atomic E-state index is 0.0387. The van der Waals surface area contributed by atoms with Crippen molar-refractivity contribution in [2.45, 2.75) is 32.8 Å². The Kier molecular flexibility index (Phi) is 6.86. The molecule has 1 aromatic rings. The van der Waals surface area contributed by atoms with Gasteiger partial charge in [0, 0.05) is 0 Å². The van der Waals surface area contributed by atoms with Crippen molar-refractivity contribution in [3.05, 3.63) is 29.8 Å². The van der Waals surface area contributed by atoms with E-state index in [1.54, 1.807) is 0 Å². The summed E-state index contributed by atoms with van der Waals surface area (Å²) < 4.78 is 10.8. The molecule has 0 bridgehead atoms. The summed E-state index contributed by atoms with van der Waals surface area (Å²) in [5.74, 6) is 0.670. The summed E-state index contributed by atoms with van der Waals surface area (Å²) in [5.41, 5.74) is 1.06. The number of aliphatic hydroxyl groups excluding tert-OH is 1. The lowest BCUT2D eigenvalue weighted by Gasteiger charge is -2.30. The average molecular weight is 322 g/mol. The molecule has 1 heterocycles. The molecule has 1 unspecified atom stereocenters. The van der Waals surface area contributed by atoms with Crippen LogP contribution in [0.4, 0.5) is 0 Å². The SMILES string of the molecule is CCOC(=O)[C@@H]1CCC[NH+](C[C@H](O)COc2ccccc2C)C1. The fourth-order valence-corrected chi connectivity index (χ4v) is 3.09. The predicted octanol–water partition coefficient (Wildman–Crippen LogP) is 0.593. The molecule has 0 spiro atoms. The van der Waals surface area contributed by atoms with Crippen LogP contribution in [-0.2, 0) is 9.53 Å². The van der Waals surface area contributed by atoms with Crippen LogP contribution in [0.15, 0.2) is 24.3 Å². The number of rotatable bonds is 7. The van der Waals surface area contributed by atoms with Crippen LogP contribution >= 0.6 is 0 Å². The molecule has 1 aromatic carbocycles. The number of aliphatic hydroxyl groups is 1. The van der Waals surface area contributed by atoms with Gasteiger partial charge in [0.15, 0.2) is 0 Å². The lowest BCUT2D eigenvalue weighted by molar-refractivity contribution is -0.910. The number of quaternary nitrogens is 1. The second-order valence-electron chi connectivity index (χ2n) is 6.23. The number of piperidine rings is 1. The van der Waals surface area contributed by atoms with Crippen LogP contribution < -0.4 is 9.64 Å². The van der Waals surface area contributed by atoms with Gasteiger partial charge in [-0.1, -0.05) is 18.2 Å². The number of hydrogen-bond acceptors (Lipinski definition) is 4. The van der Waals surface area contributed by atoms with Crippen molar-refractivity contribution in [2.24, 2.45) is 5.92 Å². The van der Waals surface area contributed by atoms with Crippen molar-refractivity contribution in [1.82, 2.24) is 0 Å². The second kappa shape index (κ2) is 8.89. The van der Waals surface area contributed by atoms with Gasteiger partial charge in [0.05, 0.1) is 19.7 Å². The van der Waals surface area contributed by atoms with Crippen LogP contribution in [0.3, 0.4) is 0 Å². The molecule has 1 aliphatic rings. The van der Waals surface area contributed by atoms with Crippen LogP contribution in [0.25, 0.3) is 0 Å². The van der Waals surface area contributed by atoms with Crippen LogP contribution in [-0.4, -0.2) is 50.0 Å². The van der Waals surface area contributed by atoms with Gasteiger partial charge in [-0.25, -0.2) is 0 Å². The first-order valence-corrected chi connectivity index (χ1v) is 8.46. The maximum absolute atomic E-state index is 11.9. The summed E-state index contributed by atoms with van der Waals surface area (Å²) >= 11 is 0. The van der Waals surface area contributed by atoms with Crippen LogP contribution in [0.2, 0.25) is 0 Å². The molecule has 2 rings (SSSR count). The maximum atomic E-state index is 11.9. The van der Waals surface area contributed by atoms with Gasteiger partial charge in [0.2, 0.25) is 0 Å². The monoisotopic (exact) mass is 322 g/mol. The Balaban J connectivity index is 1.77. The zero-order chi connectivity index (χ0) is 16.7. The summed E-state index contributed by atoms with van der Waals surface area (Å²) in [6.07, 6.45) is 1.34. The van der Waals surface area contributed by atoms with Gasteiger partial charge in [-0.2, -0.15) is 0 Å². The predicted molar refractivity (Wildman–Crippen MR) is 87.6 cm³/mol. The molecule has 0 saturated carbocycles. The van der Waals surface area contributed by atoms with Crippen molar-refractivity contribution >= 4 is 5.97 Å². The molecule has 1 fully saturated rings. The van der Waals surface area contributed by atoms with Crippen molar-refractivity contribution in [1.29, 1.82) is 0 Å². The molecule has 1 aliphatic heterocycles. The Bertz CT molecular complexity index is 506. The molecule has 5 nitrogen and oxygen atoms in total. The summed E-state index contributed by atoms with van der Waals surface area (Å²) in [4.78, 5) is 13.1. The van der Waals surface area contributed by atoms with Gasteiger partial charge in [-0.05, 0) is 38.3 Å². The molecule has 128 valence electrons. The summed E-state index contributed by atoms with van der Waals surface area (Å²) in [6, 6.07) is 7.79. The molecule has 5 heteroatoms. The molecule has 1 saturated heterocycles. The van der Waals surface area contributed by atoms with E-state index in [2.05, 4.69) is 0 Å². The molecule has 0 aliphatic carbocycles. The minimum atomic E-state index is -0.537. The van der Waals surface area contributed by atoms with E-state index in [9.17, 15) is 9.90 Å². The van der Waals surface area contributed by atoms with Crippen molar-refractivity contribution in [2.75, 3.05) is 32.8 Å². The Morgan fingerprint density at radius 2 is 2.22 bits per heavy atom. The molecule has 3 atom stereocenters. The number of aryl methyl sites for hydroxylation is 1. The van der Waals surface area contributed by atoms with Gasteiger partial charge in [-0.3, -0.25) is 4.79 Å². The molecule has 2 N–H and O–H groups in total. The van der Waals surface area contributed by atoms with Gasteiger partial charge < -0.3 is 19.5 Å². The Morgan fingerprint density at radius 1 is 1.43 bits per heavy atom. The highest BCUT2D eigenvalue weighted by molar-refractivity contribution is 5.72. The van der Waals surface area contributed by atoms with Crippen LogP contribution in [0, 0.1) is 12.8 Å². The first kappa shape index (κ1) is 17.8. The molecule has 23 heavy (non-hydrogen) atoms. The van der Waals surface area contributed by atoms with E-state index >= 15 is 0 Å². The second-order valence-corrected chi connectivity index (χ2v) is 6.23. The van der Waals surface area contributed by atoms with E-state index in [0.29, 0.717) is 13.2 Å². The molecular formula is C18H28NO4+. The van der Waals surface area contributed by atoms with Crippen LogP contribution in [0.5, 0.6) is 5.75 Å². The maximum Gasteiger partial charge on any atom is 0.314 e. The number of likely N-dealkylation sites (tertiary alicyclic amines) is 1. The van der Waals surface area contributed by atoms with E-state index in [1.165, 1.54) is 4.90 Å². The highest BCUT2D eigenvalue weighted by Gasteiger charge is 2.30. The zero-order valence-corrected chi connectivity index (χ0v) is 14.1. The van der Waals surface area contributed by atoms with Crippen LogP contribution in [0.1, 0.15) is 25.3 Å². The number of ether oxygens (including phenoxy) is 2.